The molecule has 3 heterocycles. The van der Waals surface area contributed by atoms with E-state index in [9.17, 15) is 9.59 Å². The first-order valence-electron chi connectivity index (χ1n) is 9.03. The first kappa shape index (κ1) is 19.0. The highest BCUT2D eigenvalue weighted by molar-refractivity contribution is 9.10. The Morgan fingerprint density at radius 1 is 1.36 bits per heavy atom. The average Bonchev–Trinajstić information content (AvgIpc) is 3.39. The molecule has 0 N–H and O–H groups in total. The first-order valence-corrected chi connectivity index (χ1v) is 9.82. The molecular weight excluding hydrogens is 430 g/mol. The number of hydrogen-bond acceptors (Lipinski definition) is 6. The van der Waals surface area contributed by atoms with E-state index < -0.39 is 5.97 Å². The normalized spacial score (nSPS) is 22.5. The summed E-state index contributed by atoms with van der Waals surface area (Å²) in [7, 11) is 1.31. The maximum atomic E-state index is 13.2. The molecule has 7 nitrogen and oxygen atoms in total. The Balaban J connectivity index is 1.73. The number of nitrogens with zero attached hydrogens (tertiary/aromatic N) is 1. The standard InChI is InChI=1S/C20H20BrNO6/c1-11-18(20(24)25-2)14(19(23)22(11)9-13-4-3-5-26-13)6-12-7-16-17(8-15(12)21)28-10-27-16/h6-8,13H,3-5,9-10H2,1-2H3/b14-6-/t13-/m1/s1. The Hall–Kier alpha value is -2.32. The molecule has 3 aliphatic rings. The highest BCUT2D eigenvalue weighted by atomic mass is 79.9. The minimum absolute atomic E-state index is 0.0190. The second-order valence-corrected chi connectivity index (χ2v) is 7.64. The number of esters is 1. The topological polar surface area (TPSA) is 74.3 Å². The number of carbonyl (C=O) groups excluding carboxylic acids is 2. The summed E-state index contributed by atoms with van der Waals surface area (Å²) in [6.07, 6.45) is 3.54. The second-order valence-electron chi connectivity index (χ2n) is 6.79. The van der Waals surface area contributed by atoms with E-state index in [-0.39, 0.29) is 24.4 Å². The van der Waals surface area contributed by atoms with Crippen molar-refractivity contribution in [3.05, 3.63) is 39.0 Å². The van der Waals surface area contributed by atoms with Crippen molar-refractivity contribution < 1.29 is 28.5 Å². The first-order chi connectivity index (χ1) is 13.5. The lowest BCUT2D eigenvalue weighted by Gasteiger charge is -2.21. The third-order valence-electron chi connectivity index (χ3n) is 5.10. The van der Waals surface area contributed by atoms with Crippen LogP contribution in [0.25, 0.3) is 6.08 Å². The number of hydrogen-bond donors (Lipinski definition) is 0. The number of fused-ring (bicyclic) bond motifs is 1. The van der Waals surface area contributed by atoms with Gasteiger partial charge in [0.25, 0.3) is 5.91 Å². The van der Waals surface area contributed by atoms with E-state index in [1.165, 1.54) is 7.11 Å². The minimum atomic E-state index is -0.538. The SMILES string of the molecule is COC(=O)C1=C(C)N(C[C@H]2CCCO2)C(=O)/C1=C\c1cc2c(cc1Br)OCO2. The Kier molecular flexibility index (Phi) is 5.16. The van der Waals surface area contributed by atoms with Gasteiger partial charge in [-0.1, -0.05) is 15.9 Å². The number of carbonyl (C=O) groups is 2. The van der Waals surface area contributed by atoms with Crippen LogP contribution in [0.1, 0.15) is 25.3 Å². The lowest BCUT2D eigenvalue weighted by Crippen LogP contribution is -2.33. The van der Waals surface area contributed by atoms with Crippen molar-refractivity contribution in [3.8, 4) is 11.5 Å². The van der Waals surface area contributed by atoms with Gasteiger partial charge in [-0.05, 0) is 43.5 Å². The van der Waals surface area contributed by atoms with E-state index in [0.29, 0.717) is 41.5 Å². The zero-order chi connectivity index (χ0) is 19.8. The molecule has 1 atom stereocenters. The molecular formula is C20H20BrNO6. The van der Waals surface area contributed by atoms with Crippen LogP contribution in [0.3, 0.4) is 0 Å². The van der Waals surface area contributed by atoms with Crippen LogP contribution < -0.4 is 9.47 Å². The molecule has 1 saturated heterocycles. The third-order valence-corrected chi connectivity index (χ3v) is 5.79. The van der Waals surface area contributed by atoms with Crippen molar-refractivity contribution in [2.24, 2.45) is 0 Å². The third kappa shape index (κ3) is 3.31. The van der Waals surface area contributed by atoms with Crippen molar-refractivity contribution in [1.29, 1.82) is 0 Å². The van der Waals surface area contributed by atoms with Gasteiger partial charge in [-0.25, -0.2) is 4.79 Å². The lowest BCUT2D eigenvalue weighted by atomic mass is 10.0. The molecule has 0 bridgehead atoms. The molecule has 0 aliphatic carbocycles. The zero-order valence-electron chi connectivity index (χ0n) is 15.6. The van der Waals surface area contributed by atoms with Gasteiger partial charge in [0, 0.05) is 16.8 Å². The van der Waals surface area contributed by atoms with Crippen molar-refractivity contribution in [3.63, 3.8) is 0 Å². The molecule has 0 radical (unpaired) electrons. The van der Waals surface area contributed by atoms with Crippen LogP contribution in [0, 0.1) is 0 Å². The average molecular weight is 450 g/mol. The summed E-state index contributed by atoms with van der Waals surface area (Å²) in [4.78, 5) is 27.2. The quantitative estimate of drug-likeness (QED) is 0.519. The lowest BCUT2D eigenvalue weighted by molar-refractivity contribution is -0.136. The van der Waals surface area contributed by atoms with Crippen LogP contribution in [-0.2, 0) is 19.1 Å². The number of benzene rings is 1. The smallest absolute Gasteiger partial charge is 0.340 e. The van der Waals surface area contributed by atoms with E-state index in [0.717, 1.165) is 17.3 Å². The molecule has 4 rings (SSSR count). The summed E-state index contributed by atoms with van der Waals surface area (Å²) in [5, 5.41) is 0. The van der Waals surface area contributed by atoms with Gasteiger partial charge in [-0.15, -0.1) is 0 Å². The Morgan fingerprint density at radius 3 is 2.79 bits per heavy atom. The molecule has 0 unspecified atom stereocenters. The van der Waals surface area contributed by atoms with Gasteiger partial charge in [-0.3, -0.25) is 4.79 Å². The van der Waals surface area contributed by atoms with Crippen molar-refractivity contribution in [1.82, 2.24) is 4.90 Å². The van der Waals surface area contributed by atoms with E-state index in [4.69, 9.17) is 18.9 Å². The van der Waals surface area contributed by atoms with Gasteiger partial charge in [0.2, 0.25) is 6.79 Å². The van der Waals surface area contributed by atoms with E-state index in [1.807, 2.05) is 0 Å². The molecule has 148 valence electrons. The van der Waals surface area contributed by atoms with Crippen LogP contribution in [0.2, 0.25) is 0 Å². The summed E-state index contributed by atoms with van der Waals surface area (Å²) in [5.41, 5.74) is 1.85. The van der Waals surface area contributed by atoms with Gasteiger partial charge < -0.3 is 23.8 Å². The Labute approximate surface area is 171 Å². The summed E-state index contributed by atoms with van der Waals surface area (Å²) < 4.78 is 22.1. The summed E-state index contributed by atoms with van der Waals surface area (Å²) in [6, 6.07) is 3.56. The second kappa shape index (κ2) is 7.60. The number of ether oxygens (including phenoxy) is 4. The van der Waals surface area contributed by atoms with Crippen molar-refractivity contribution in [2.75, 3.05) is 27.1 Å². The molecule has 1 aromatic carbocycles. The van der Waals surface area contributed by atoms with Gasteiger partial charge in [0.15, 0.2) is 11.5 Å². The van der Waals surface area contributed by atoms with Crippen LogP contribution in [0.5, 0.6) is 11.5 Å². The van der Waals surface area contributed by atoms with Gasteiger partial charge in [0.05, 0.1) is 30.9 Å². The van der Waals surface area contributed by atoms with E-state index >= 15 is 0 Å². The van der Waals surface area contributed by atoms with Crippen LogP contribution in [0.15, 0.2) is 33.4 Å². The highest BCUT2D eigenvalue weighted by Gasteiger charge is 2.38. The molecule has 0 saturated carbocycles. The maximum absolute atomic E-state index is 13.2. The van der Waals surface area contributed by atoms with Crippen molar-refractivity contribution >= 4 is 33.9 Å². The number of halogens is 1. The molecule has 3 aliphatic heterocycles. The molecule has 28 heavy (non-hydrogen) atoms. The monoisotopic (exact) mass is 449 g/mol. The fourth-order valence-electron chi connectivity index (χ4n) is 3.64. The van der Waals surface area contributed by atoms with Gasteiger partial charge in [-0.2, -0.15) is 0 Å². The number of amides is 1. The molecule has 0 spiro atoms. The highest BCUT2D eigenvalue weighted by Crippen LogP contribution is 2.39. The Bertz CT molecular complexity index is 900. The summed E-state index contributed by atoms with van der Waals surface area (Å²) >= 11 is 3.50. The van der Waals surface area contributed by atoms with Crippen molar-refractivity contribution in [2.45, 2.75) is 25.9 Å². The number of methoxy groups -OCH3 is 1. The molecule has 1 amide bonds. The minimum Gasteiger partial charge on any atom is -0.465 e. The van der Waals surface area contributed by atoms with Gasteiger partial charge in [0.1, 0.15) is 0 Å². The fraction of sp³-hybridized carbons (Fsp3) is 0.400. The zero-order valence-corrected chi connectivity index (χ0v) is 17.2. The predicted molar refractivity (Wildman–Crippen MR) is 104 cm³/mol. The van der Waals surface area contributed by atoms with Crippen LogP contribution >= 0.6 is 15.9 Å². The summed E-state index contributed by atoms with van der Waals surface area (Å²) in [6.45, 7) is 3.04. The molecule has 0 aromatic heterocycles. The van der Waals surface area contributed by atoms with Gasteiger partial charge >= 0.3 is 5.97 Å². The van der Waals surface area contributed by atoms with Crippen LogP contribution in [0.4, 0.5) is 0 Å². The largest absolute Gasteiger partial charge is 0.465 e. The maximum Gasteiger partial charge on any atom is 0.340 e. The number of rotatable bonds is 4. The molecule has 1 fully saturated rings. The van der Waals surface area contributed by atoms with Crippen LogP contribution in [-0.4, -0.2) is 49.9 Å². The fourth-order valence-corrected chi connectivity index (χ4v) is 4.08. The predicted octanol–water partition coefficient (Wildman–Crippen LogP) is 3.03. The Morgan fingerprint density at radius 2 is 2.11 bits per heavy atom. The number of allylic oxidation sites excluding steroid dienone is 1. The van der Waals surface area contributed by atoms with E-state index in [1.54, 1.807) is 30.0 Å². The van der Waals surface area contributed by atoms with E-state index in [2.05, 4.69) is 15.9 Å². The summed E-state index contributed by atoms with van der Waals surface area (Å²) in [5.74, 6) is 0.450. The molecule has 8 heteroatoms. The molecule has 1 aromatic rings.